The standard InChI is InChI=1S/C13H13F3NO4P/c1-12(2,19-22-20-21-22)10-7-18-11(17-10)8-3-5-9(6-4-8)13(14,15)16/h3-6,10H,7H2,1-2H3/t10-/m0/s1. The van der Waals surface area contributed by atoms with Crippen molar-refractivity contribution in [2.24, 2.45) is 4.99 Å². The summed E-state index contributed by atoms with van der Waals surface area (Å²) in [5.41, 5.74) is -0.868. The van der Waals surface area contributed by atoms with E-state index in [4.69, 9.17) is 9.26 Å². The van der Waals surface area contributed by atoms with E-state index in [-0.39, 0.29) is 12.6 Å². The summed E-state index contributed by atoms with van der Waals surface area (Å²) in [6, 6.07) is 4.40. The zero-order chi connectivity index (χ0) is 16.0. The first-order valence-electron chi connectivity index (χ1n) is 6.48. The first-order valence-corrected chi connectivity index (χ1v) is 7.57. The van der Waals surface area contributed by atoms with Crippen LogP contribution in [-0.4, -0.2) is 24.1 Å². The molecule has 0 saturated carbocycles. The largest absolute Gasteiger partial charge is 0.475 e. The van der Waals surface area contributed by atoms with Crippen LogP contribution in [0, 0.1) is 0 Å². The molecule has 0 unspecified atom stereocenters. The monoisotopic (exact) mass is 335 g/mol. The van der Waals surface area contributed by atoms with Gasteiger partial charge in [0.25, 0.3) is 0 Å². The molecular weight excluding hydrogens is 322 g/mol. The smallest absolute Gasteiger partial charge is 0.468 e. The highest BCUT2D eigenvalue weighted by Gasteiger charge is 2.39. The van der Waals surface area contributed by atoms with Crippen molar-refractivity contribution in [1.29, 1.82) is 0 Å². The van der Waals surface area contributed by atoms with Crippen molar-refractivity contribution >= 4 is 14.1 Å². The molecule has 2 aromatic rings. The number of nitrogens with zero attached hydrogens (tertiary/aromatic N) is 1. The molecule has 3 rings (SSSR count). The van der Waals surface area contributed by atoms with Crippen LogP contribution in [0.3, 0.4) is 0 Å². The van der Waals surface area contributed by atoms with Crippen LogP contribution >= 0.6 is 8.24 Å². The molecule has 0 fully saturated rings. The van der Waals surface area contributed by atoms with Crippen LogP contribution < -0.4 is 4.52 Å². The van der Waals surface area contributed by atoms with Crippen molar-refractivity contribution in [3.63, 3.8) is 0 Å². The Morgan fingerprint density at radius 3 is 2.36 bits per heavy atom. The van der Waals surface area contributed by atoms with Gasteiger partial charge in [0.1, 0.15) is 18.2 Å². The first kappa shape index (κ1) is 15.2. The van der Waals surface area contributed by atoms with Crippen LogP contribution in [0.25, 0.3) is 0 Å². The Bertz CT molecular complexity index is 657. The van der Waals surface area contributed by atoms with E-state index in [1.54, 1.807) is 0 Å². The molecule has 1 aliphatic rings. The summed E-state index contributed by atoms with van der Waals surface area (Å²) >= 11 is 0. The Balaban J connectivity index is 1.75. The van der Waals surface area contributed by atoms with Gasteiger partial charge in [-0.1, -0.05) is 0 Å². The van der Waals surface area contributed by atoms with E-state index in [0.29, 0.717) is 11.5 Å². The topological polar surface area (TPSA) is 57.1 Å². The molecule has 0 radical (unpaired) electrons. The van der Waals surface area contributed by atoms with Gasteiger partial charge in [-0.25, -0.2) is 13.7 Å². The highest BCUT2D eigenvalue weighted by molar-refractivity contribution is 7.33. The molecular formula is C13H13F3NO4P. The summed E-state index contributed by atoms with van der Waals surface area (Å²) in [5, 5.41) is 0. The Morgan fingerprint density at radius 2 is 1.82 bits per heavy atom. The van der Waals surface area contributed by atoms with E-state index in [0.717, 1.165) is 12.1 Å². The third-order valence-electron chi connectivity index (χ3n) is 3.36. The minimum absolute atomic E-state index is 0.284. The van der Waals surface area contributed by atoms with Gasteiger partial charge >= 0.3 is 14.4 Å². The van der Waals surface area contributed by atoms with Crippen LogP contribution in [0.15, 0.2) is 38.0 Å². The lowest BCUT2D eigenvalue weighted by Crippen LogP contribution is -2.40. The van der Waals surface area contributed by atoms with Crippen LogP contribution in [0.5, 0.6) is 0 Å². The average Bonchev–Trinajstić information content (AvgIpc) is 3.08. The lowest BCUT2D eigenvalue weighted by Gasteiger charge is -2.23. The van der Waals surface area contributed by atoms with Crippen molar-refractivity contribution in [1.82, 2.24) is 0 Å². The highest BCUT2D eigenvalue weighted by Crippen LogP contribution is 2.38. The Morgan fingerprint density at radius 1 is 1.18 bits per heavy atom. The maximum Gasteiger partial charge on any atom is 0.468 e. The fourth-order valence-corrected chi connectivity index (χ4v) is 2.66. The van der Waals surface area contributed by atoms with Crippen LogP contribution in [-0.2, 0) is 10.9 Å². The van der Waals surface area contributed by atoms with Crippen molar-refractivity contribution in [3.8, 4) is 0 Å². The fraction of sp³-hybridized carbons (Fsp3) is 0.462. The van der Waals surface area contributed by atoms with Crippen LogP contribution in [0.2, 0.25) is 0 Å². The van der Waals surface area contributed by atoms with E-state index in [1.807, 2.05) is 13.8 Å². The molecule has 1 aliphatic heterocycles. The number of benzene rings is 1. The van der Waals surface area contributed by atoms with Gasteiger partial charge in [-0.3, -0.25) is 4.52 Å². The summed E-state index contributed by atoms with van der Waals surface area (Å²) in [6.45, 7) is 3.94. The zero-order valence-corrected chi connectivity index (χ0v) is 12.6. The molecule has 5 nitrogen and oxygen atoms in total. The summed E-state index contributed by atoms with van der Waals surface area (Å²) < 4.78 is 57.9. The first-order chi connectivity index (χ1) is 10.3. The third kappa shape index (κ3) is 3.23. The quantitative estimate of drug-likeness (QED) is 0.795. The predicted octanol–water partition coefficient (Wildman–Crippen LogP) is 3.93. The zero-order valence-electron chi connectivity index (χ0n) is 11.8. The number of hydrogen-bond donors (Lipinski definition) is 0. The molecule has 1 aromatic heterocycles. The van der Waals surface area contributed by atoms with Gasteiger partial charge in [0.15, 0.2) is 0 Å². The molecule has 1 aromatic carbocycles. The third-order valence-corrected chi connectivity index (χ3v) is 4.25. The lowest BCUT2D eigenvalue weighted by molar-refractivity contribution is -0.137. The Labute approximate surface area is 125 Å². The van der Waals surface area contributed by atoms with Crippen molar-refractivity contribution in [3.05, 3.63) is 35.4 Å². The molecule has 0 N–H and O–H groups in total. The Kier molecular flexibility index (Phi) is 3.61. The fourth-order valence-electron chi connectivity index (χ4n) is 1.99. The molecule has 22 heavy (non-hydrogen) atoms. The van der Waals surface area contributed by atoms with E-state index in [9.17, 15) is 13.2 Å². The normalized spacial score (nSPS) is 19.3. The molecule has 0 amide bonds. The molecule has 1 atom stereocenters. The maximum absolute atomic E-state index is 12.5. The molecule has 9 heteroatoms. The van der Waals surface area contributed by atoms with Gasteiger partial charge < -0.3 is 4.74 Å². The molecule has 0 spiro atoms. The van der Waals surface area contributed by atoms with E-state index in [1.165, 1.54) is 12.1 Å². The van der Waals surface area contributed by atoms with Gasteiger partial charge in [-0.15, -0.1) is 0 Å². The number of rotatable bonds is 4. The number of halogens is 3. The second-order valence-corrected chi connectivity index (χ2v) is 6.33. The van der Waals surface area contributed by atoms with Crippen molar-refractivity contribution in [2.75, 3.05) is 6.61 Å². The maximum atomic E-state index is 12.5. The highest BCUT2D eigenvalue weighted by atomic mass is 31.1. The molecule has 0 saturated heterocycles. The average molecular weight is 335 g/mol. The van der Waals surface area contributed by atoms with Crippen molar-refractivity contribution < 1.29 is 31.1 Å². The van der Waals surface area contributed by atoms with Gasteiger partial charge in [0.05, 0.1) is 5.56 Å². The van der Waals surface area contributed by atoms with Gasteiger partial charge in [0.2, 0.25) is 5.90 Å². The molecule has 120 valence electrons. The second kappa shape index (κ2) is 5.21. The molecule has 0 bridgehead atoms. The Hall–Kier alpha value is -1.66. The molecule has 0 aliphatic carbocycles. The van der Waals surface area contributed by atoms with Crippen molar-refractivity contribution in [2.45, 2.75) is 31.7 Å². The minimum atomic E-state index is -4.36. The van der Waals surface area contributed by atoms with Crippen LogP contribution in [0.1, 0.15) is 25.0 Å². The number of alkyl halides is 3. The summed E-state index contributed by atoms with van der Waals surface area (Å²) in [7, 11) is -1.29. The molecule has 2 heterocycles. The van der Waals surface area contributed by atoms with Gasteiger partial charge in [-0.2, -0.15) is 13.2 Å². The summed E-state index contributed by atoms with van der Waals surface area (Å²) in [6.07, 6.45) is -4.36. The minimum Gasteiger partial charge on any atom is -0.475 e. The van der Waals surface area contributed by atoms with Crippen LogP contribution in [0.4, 0.5) is 13.2 Å². The second-order valence-electron chi connectivity index (χ2n) is 5.40. The van der Waals surface area contributed by atoms with E-state index >= 15 is 0 Å². The van der Waals surface area contributed by atoms with E-state index in [2.05, 4.69) is 13.7 Å². The number of aliphatic imine (C=N–C) groups is 1. The van der Waals surface area contributed by atoms with E-state index < -0.39 is 25.6 Å². The predicted molar refractivity (Wildman–Crippen MR) is 72.1 cm³/mol. The van der Waals surface area contributed by atoms with Gasteiger partial charge in [0, 0.05) is 5.56 Å². The SMILES string of the molecule is CC(C)(Op1oo1)[C@@H]1COC(c2ccc(C(F)(F)F)cc2)=N1. The lowest BCUT2D eigenvalue weighted by atomic mass is 10.0. The summed E-state index contributed by atoms with van der Waals surface area (Å²) in [5.74, 6) is 0.306. The number of hydrogen-bond acceptors (Lipinski definition) is 5. The summed E-state index contributed by atoms with van der Waals surface area (Å²) in [4.78, 5) is 4.39. The number of ether oxygens (including phenoxy) is 1. The van der Waals surface area contributed by atoms with Gasteiger partial charge in [-0.05, 0) is 38.1 Å².